The van der Waals surface area contributed by atoms with Crippen LogP contribution in [-0.2, 0) is 27.6 Å². The monoisotopic (exact) mass is 541 g/mol. The number of methoxy groups -OCH3 is 2. The normalized spacial score (nSPS) is 21.2. The van der Waals surface area contributed by atoms with Gasteiger partial charge >= 0.3 is 0 Å². The Kier molecular flexibility index (Phi) is 7.89. The lowest BCUT2D eigenvalue weighted by Gasteiger charge is -2.39. The number of rotatable bonds is 8. The van der Waals surface area contributed by atoms with Crippen molar-refractivity contribution in [3.63, 3.8) is 0 Å². The summed E-state index contributed by atoms with van der Waals surface area (Å²) < 4.78 is 62.2. The van der Waals surface area contributed by atoms with Crippen LogP contribution < -0.4 is 9.64 Å². The van der Waals surface area contributed by atoms with Gasteiger partial charge in [-0.15, -0.1) is 0 Å². The maximum atomic E-state index is 15.6. The Labute approximate surface area is 227 Å². The standard InChI is InChI=1S/C31H34F3NO4/c1-37-29(38-2)22-12-16-35(17-13-22)23-8-10-26(28(32)18-23)30(36)14-15-31(33,34)27-19-24(9-11-25(27)30)39-20-21-6-4-3-5-7-21/h3-11,18-19,22,29,36H,12-17,20H2,1-2H3. The van der Waals surface area contributed by atoms with Crippen LogP contribution in [0.1, 0.15) is 47.9 Å². The molecular weight excluding hydrogens is 507 g/mol. The second kappa shape index (κ2) is 11.2. The zero-order valence-corrected chi connectivity index (χ0v) is 22.2. The van der Waals surface area contributed by atoms with Gasteiger partial charge in [0.1, 0.15) is 23.8 Å². The molecule has 1 aliphatic heterocycles. The summed E-state index contributed by atoms with van der Waals surface area (Å²) in [5.74, 6) is -3.27. The molecule has 1 saturated heterocycles. The minimum Gasteiger partial charge on any atom is -0.489 e. The Morgan fingerprint density at radius 3 is 2.26 bits per heavy atom. The number of ether oxygens (including phenoxy) is 3. The quantitative estimate of drug-likeness (QED) is 0.336. The number of halogens is 3. The van der Waals surface area contributed by atoms with Crippen molar-refractivity contribution in [3.8, 4) is 5.75 Å². The van der Waals surface area contributed by atoms with Crippen molar-refractivity contribution in [2.24, 2.45) is 5.92 Å². The van der Waals surface area contributed by atoms with Crippen LogP contribution in [0.5, 0.6) is 5.75 Å². The fourth-order valence-electron chi connectivity index (χ4n) is 5.85. The molecule has 5 rings (SSSR count). The Morgan fingerprint density at radius 2 is 1.59 bits per heavy atom. The van der Waals surface area contributed by atoms with E-state index >= 15 is 13.2 Å². The first-order chi connectivity index (χ1) is 18.7. The third kappa shape index (κ3) is 5.51. The number of fused-ring (bicyclic) bond motifs is 1. The maximum absolute atomic E-state index is 15.6. The van der Waals surface area contributed by atoms with Crippen LogP contribution in [0.2, 0.25) is 0 Å². The first kappa shape index (κ1) is 27.5. The maximum Gasteiger partial charge on any atom is 0.273 e. The summed E-state index contributed by atoms with van der Waals surface area (Å²) in [5.41, 5.74) is -0.622. The molecule has 208 valence electrons. The fraction of sp³-hybridized carbons (Fsp3) is 0.419. The SMILES string of the molecule is COC(OC)C1CCN(c2ccc(C3(O)CCC(F)(F)c4cc(OCc5ccccc5)ccc43)c(F)c2)CC1. The smallest absolute Gasteiger partial charge is 0.273 e. The lowest BCUT2D eigenvalue weighted by Crippen LogP contribution is -2.39. The molecule has 8 heteroatoms. The fourth-order valence-corrected chi connectivity index (χ4v) is 5.85. The summed E-state index contributed by atoms with van der Waals surface area (Å²) in [6, 6.07) is 18.3. The predicted octanol–water partition coefficient (Wildman–Crippen LogP) is 6.36. The van der Waals surface area contributed by atoms with E-state index in [1.165, 1.54) is 24.3 Å². The van der Waals surface area contributed by atoms with Gasteiger partial charge < -0.3 is 24.2 Å². The predicted molar refractivity (Wildman–Crippen MR) is 142 cm³/mol. The molecule has 2 aliphatic rings. The van der Waals surface area contributed by atoms with Crippen LogP contribution in [0.15, 0.2) is 66.7 Å². The van der Waals surface area contributed by atoms with Crippen LogP contribution in [0, 0.1) is 11.7 Å². The molecule has 3 aromatic carbocycles. The second-order valence-corrected chi connectivity index (χ2v) is 10.4. The Hall–Kier alpha value is -3.07. The van der Waals surface area contributed by atoms with Crippen LogP contribution in [0.25, 0.3) is 0 Å². The van der Waals surface area contributed by atoms with E-state index in [1.807, 2.05) is 30.3 Å². The minimum atomic E-state index is -3.17. The van der Waals surface area contributed by atoms with Gasteiger partial charge in [-0.3, -0.25) is 0 Å². The third-order valence-corrected chi connectivity index (χ3v) is 8.03. The van der Waals surface area contributed by atoms with E-state index in [2.05, 4.69) is 4.90 Å². The van der Waals surface area contributed by atoms with Crippen LogP contribution >= 0.6 is 0 Å². The van der Waals surface area contributed by atoms with Crippen molar-refractivity contribution >= 4 is 5.69 Å². The minimum absolute atomic E-state index is 0.00319. The van der Waals surface area contributed by atoms with E-state index in [-0.39, 0.29) is 47.7 Å². The molecule has 0 bridgehead atoms. The Bertz CT molecular complexity index is 1280. The summed E-state index contributed by atoms with van der Waals surface area (Å²) in [6.45, 7) is 1.63. The molecule has 3 aromatic rings. The second-order valence-electron chi connectivity index (χ2n) is 10.4. The number of nitrogens with zero attached hydrogens (tertiary/aromatic N) is 1. The number of benzene rings is 3. The van der Waals surface area contributed by atoms with Crippen molar-refractivity contribution in [3.05, 3.63) is 94.8 Å². The van der Waals surface area contributed by atoms with E-state index in [0.29, 0.717) is 18.8 Å². The molecule has 1 unspecified atom stereocenters. The zero-order valence-electron chi connectivity index (χ0n) is 22.2. The van der Waals surface area contributed by atoms with Gasteiger partial charge in [0.25, 0.3) is 5.92 Å². The number of hydrogen-bond acceptors (Lipinski definition) is 5. The zero-order chi connectivity index (χ0) is 27.6. The molecule has 1 N–H and O–H groups in total. The van der Waals surface area contributed by atoms with Crippen molar-refractivity contribution in [1.82, 2.24) is 0 Å². The summed E-state index contributed by atoms with van der Waals surface area (Å²) in [5, 5.41) is 11.7. The molecule has 1 fully saturated rings. The highest BCUT2D eigenvalue weighted by atomic mass is 19.3. The lowest BCUT2D eigenvalue weighted by molar-refractivity contribution is -0.141. The lowest BCUT2D eigenvalue weighted by atomic mass is 9.73. The average Bonchev–Trinajstić information content (AvgIpc) is 2.96. The highest BCUT2D eigenvalue weighted by Crippen LogP contribution is 2.51. The Morgan fingerprint density at radius 1 is 0.897 bits per heavy atom. The van der Waals surface area contributed by atoms with E-state index in [1.54, 1.807) is 26.4 Å². The van der Waals surface area contributed by atoms with Gasteiger partial charge in [0.15, 0.2) is 6.29 Å². The first-order valence-electron chi connectivity index (χ1n) is 13.3. The summed E-state index contributed by atoms with van der Waals surface area (Å²) >= 11 is 0. The van der Waals surface area contributed by atoms with Gasteiger partial charge in [-0.2, -0.15) is 0 Å². The molecule has 0 aromatic heterocycles. The molecule has 1 aliphatic carbocycles. The van der Waals surface area contributed by atoms with E-state index in [4.69, 9.17) is 14.2 Å². The molecule has 5 nitrogen and oxygen atoms in total. The van der Waals surface area contributed by atoms with E-state index in [9.17, 15) is 5.11 Å². The van der Waals surface area contributed by atoms with E-state index in [0.717, 1.165) is 18.4 Å². The van der Waals surface area contributed by atoms with Gasteiger partial charge in [0.2, 0.25) is 0 Å². The van der Waals surface area contributed by atoms with Crippen molar-refractivity contribution < 1.29 is 32.5 Å². The number of hydrogen-bond donors (Lipinski definition) is 1. The molecule has 1 heterocycles. The summed E-state index contributed by atoms with van der Waals surface area (Å²) in [4.78, 5) is 2.08. The molecular formula is C31H34F3NO4. The number of aliphatic hydroxyl groups is 1. The highest BCUT2D eigenvalue weighted by Gasteiger charge is 2.49. The van der Waals surface area contributed by atoms with Crippen molar-refractivity contribution in [2.45, 2.75) is 50.1 Å². The Balaban J connectivity index is 1.37. The summed E-state index contributed by atoms with van der Waals surface area (Å²) in [6.07, 6.45) is 0.490. The van der Waals surface area contributed by atoms with Gasteiger partial charge in [-0.1, -0.05) is 42.5 Å². The largest absolute Gasteiger partial charge is 0.489 e. The number of piperidine rings is 1. The van der Waals surface area contributed by atoms with Gasteiger partial charge in [-0.05, 0) is 54.7 Å². The van der Waals surface area contributed by atoms with Gasteiger partial charge in [0.05, 0.1) is 0 Å². The average molecular weight is 542 g/mol. The molecule has 0 amide bonds. The van der Waals surface area contributed by atoms with Crippen molar-refractivity contribution in [2.75, 3.05) is 32.2 Å². The van der Waals surface area contributed by atoms with Gasteiger partial charge in [0, 0.05) is 56.5 Å². The van der Waals surface area contributed by atoms with E-state index < -0.39 is 23.8 Å². The van der Waals surface area contributed by atoms with Crippen LogP contribution in [0.3, 0.4) is 0 Å². The first-order valence-corrected chi connectivity index (χ1v) is 13.3. The number of alkyl halides is 2. The topological polar surface area (TPSA) is 51.2 Å². The van der Waals surface area contributed by atoms with Crippen molar-refractivity contribution in [1.29, 1.82) is 0 Å². The molecule has 0 spiro atoms. The molecule has 0 saturated carbocycles. The molecule has 1 atom stereocenters. The molecule has 39 heavy (non-hydrogen) atoms. The highest BCUT2D eigenvalue weighted by molar-refractivity contribution is 5.54. The molecule has 0 radical (unpaired) electrons. The summed E-state index contributed by atoms with van der Waals surface area (Å²) in [7, 11) is 3.24. The third-order valence-electron chi connectivity index (χ3n) is 8.03. The van der Waals surface area contributed by atoms with Crippen LogP contribution in [-0.4, -0.2) is 38.7 Å². The number of anilines is 1. The van der Waals surface area contributed by atoms with Crippen LogP contribution in [0.4, 0.5) is 18.9 Å². The van der Waals surface area contributed by atoms with Gasteiger partial charge in [-0.25, -0.2) is 13.2 Å².